The van der Waals surface area contributed by atoms with E-state index >= 15 is 0 Å². The standard InChI is InChI=1S/C24H35N/c1-8-9-18-25(19-14-11-10-12-15-19)21-17-13-16-20(23(2,3)4)22(21)24(5,6)7/h10-17H,8-9,18H2,1-7H3. The molecular formula is C24H35N. The van der Waals surface area contributed by atoms with Crippen molar-refractivity contribution in [3.63, 3.8) is 0 Å². The van der Waals surface area contributed by atoms with Crippen LogP contribution in [-0.2, 0) is 10.8 Å². The zero-order chi connectivity index (χ0) is 18.7. The van der Waals surface area contributed by atoms with Crippen LogP contribution in [0.1, 0.15) is 72.4 Å². The Hall–Kier alpha value is -1.76. The van der Waals surface area contributed by atoms with Crippen LogP contribution in [0, 0.1) is 0 Å². The molecule has 0 aliphatic carbocycles. The summed E-state index contributed by atoms with van der Waals surface area (Å²) < 4.78 is 0. The number of benzene rings is 2. The van der Waals surface area contributed by atoms with Crippen LogP contribution in [0.3, 0.4) is 0 Å². The molecule has 2 rings (SSSR count). The fourth-order valence-electron chi connectivity index (χ4n) is 3.49. The van der Waals surface area contributed by atoms with Gasteiger partial charge in [0.1, 0.15) is 0 Å². The van der Waals surface area contributed by atoms with Crippen molar-refractivity contribution in [3.05, 3.63) is 59.7 Å². The zero-order valence-electron chi connectivity index (χ0n) is 17.2. The molecule has 0 unspecified atom stereocenters. The van der Waals surface area contributed by atoms with E-state index in [-0.39, 0.29) is 10.8 Å². The molecule has 0 aliphatic rings. The summed E-state index contributed by atoms with van der Waals surface area (Å²) in [7, 11) is 0. The van der Waals surface area contributed by atoms with E-state index in [2.05, 4.69) is 102 Å². The lowest BCUT2D eigenvalue weighted by Crippen LogP contribution is -2.28. The molecular weight excluding hydrogens is 302 g/mol. The quantitative estimate of drug-likeness (QED) is 0.556. The summed E-state index contributed by atoms with van der Waals surface area (Å²) >= 11 is 0. The molecule has 25 heavy (non-hydrogen) atoms. The van der Waals surface area contributed by atoms with E-state index < -0.39 is 0 Å². The molecule has 0 bridgehead atoms. The number of anilines is 2. The Kier molecular flexibility index (Phi) is 5.98. The van der Waals surface area contributed by atoms with Crippen molar-refractivity contribution < 1.29 is 0 Å². The van der Waals surface area contributed by atoms with Gasteiger partial charge in [-0.1, -0.05) is 85.2 Å². The topological polar surface area (TPSA) is 3.24 Å². The van der Waals surface area contributed by atoms with E-state index in [9.17, 15) is 0 Å². The summed E-state index contributed by atoms with van der Waals surface area (Å²) in [4.78, 5) is 2.51. The first-order valence-electron chi connectivity index (χ1n) is 9.63. The van der Waals surface area contributed by atoms with Gasteiger partial charge < -0.3 is 4.90 Å². The number of rotatable bonds is 5. The molecule has 0 saturated heterocycles. The molecule has 0 fully saturated rings. The number of hydrogen-bond donors (Lipinski definition) is 0. The summed E-state index contributed by atoms with van der Waals surface area (Å²) in [5, 5.41) is 0. The minimum atomic E-state index is 0.0957. The van der Waals surface area contributed by atoms with Gasteiger partial charge >= 0.3 is 0 Å². The molecule has 0 N–H and O–H groups in total. The van der Waals surface area contributed by atoms with Crippen LogP contribution in [0.5, 0.6) is 0 Å². The Balaban J connectivity index is 2.69. The number of nitrogens with zero attached hydrogens (tertiary/aromatic N) is 1. The fourth-order valence-corrected chi connectivity index (χ4v) is 3.49. The fraction of sp³-hybridized carbons (Fsp3) is 0.500. The van der Waals surface area contributed by atoms with Gasteiger partial charge in [0.2, 0.25) is 0 Å². The minimum absolute atomic E-state index is 0.0957. The third kappa shape index (κ3) is 4.66. The first-order valence-corrected chi connectivity index (χ1v) is 9.63. The smallest absolute Gasteiger partial charge is 0.0451 e. The molecule has 2 aromatic carbocycles. The predicted molar refractivity (Wildman–Crippen MR) is 112 cm³/mol. The maximum atomic E-state index is 2.51. The zero-order valence-corrected chi connectivity index (χ0v) is 17.2. The highest BCUT2D eigenvalue weighted by atomic mass is 15.1. The van der Waals surface area contributed by atoms with Gasteiger partial charge in [0.05, 0.1) is 0 Å². The van der Waals surface area contributed by atoms with Gasteiger partial charge in [0.15, 0.2) is 0 Å². The van der Waals surface area contributed by atoms with E-state index in [0.29, 0.717) is 0 Å². The van der Waals surface area contributed by atoms with E-state index in [4.69, 9.17) is 0 Å². The second-order valence-corrected chi connectivity index (χ2v) is 9.04. The van der Waals surface area contributed by atoms with Crippen LogP contribution in [-0.4, -0.2) is 6.54 Å². The lowest BCUT2D eigenvalue weighted by atomic mass is 9.74. The highest BCUT2D eigenvalue weighted by Crippen LogP contribution is 2.42. The maximum Gasteiger partial charge on any atom is 0.0451 e. The van der Waals surface area contributed by atoms with Crippen LogP contribution >= 0.6 is 0 Å². The second kappa shape index (κ2) is 7.64. The van der Waals surface area contributed by atoms with E-state index in [1.807, 2.05) is 0 Å². The Bertz CT molecular complexity index is 671. The normalized spacial score (nSPS) is 12.3. The predicted octanol–water partition coefficient (Wildman–Crippen LogP) is 7.22. The van der Waals surface area contributed by atoms with Crippen molar-refractivity contribution in [2.45, 2.75) is 72.1 Å². The molecule has 2 aromatic rings. The van der Waals surface area contributed by atoms with Crippen molar-refractivity contribution in [2.75, 3.05) is 11.4 Å². The molecule has 1 heteroatoms. The Morgan fingerprint density at radius 2 is 1.40 bits per heavy atom. The highest BCUT2D eigenvalue weighted by Gasteiger charge is 2.29. The monoisotopic (exact) mass is 337 g/mol. The SMILES string of the molecule is CCCCN(c1ccccc1)c1cccc(C(C)(C)C)c1C(C)(C)C. The van der Waals surface area contributed by atoms with Crippen LogP contribution in [0.15, 0.2) is 48.5 Å². The van der Waals surface area contributed by atoms with Crippen LogP contribution in [0.2, 0.25) is 0 Å². The van der Waals surface area contributed by atoms with Gasteiger partial charge in [-0.25, -0.2) is 0 Å². The van der Waals surface area contributed by atoms with E-state index in [0.717, 1.165) is 6.54 Å². The van der Waals surface area contributed by atoms with Crippen molar-refractivity contribution in [3.8, 4) is 0 Å². The lowest BCUT2D eigenvalue weighted by molar-refractivity contribution is 0.530. The van der Waals surface area contributed by atoms with Gasteiger partial charge in [0, 0.05) is 17.9 Å². The Morgan fingerprint density at radius 3 is 1.92 bits per heavy atom. The summed E-state index contributed by atoms with van der Waals surface area (Å²) in [5.41, 5.74) is 5.80. The first-order chi connectivity index (χ1) is 11.7. The van der Waals surface area contributed by atoms with Gasteiger partial charge in [-0.3, -0.25) is 0 Å². The van der Waals surface area contributed by atoms with E-state index in [1.54, 1.807) is 0 Å². The third-order valence-corrected chi connectivity index (χ3v) is 4.69. The number of unbranched alkanes of at least 4 members (excludes halogenated alkanes) is 1. The summed E-state index contributed by atoms with van der Waals surface area (Å²) in [6.45, 7) is 17.3. The number of hydrogen-bond acceptors (Lipinski definition) is 1. The van der Waals surface area contributed by atoms with Gasteiger partial charge in [0.25, 0.3) is 0 Å². The van der Waals surface area contributed by atoms with Gasteiger partial charge in [-0.15, -0.1) is 0 Å². The van der Waals surface area contributed by atoms with Crippen molar-refractivity contribution in [1.29, 1.82) is 0 Å². The molecule has 0 aliphatic heterocycles. The number of para-hydroxylation sites is 1. The summed E-state index contributed by atoms with van der Waals surface area (Å²) in [6.07, 6.45) is 2.39. The molecule has 0 amide bonds. The molecule has 0 aromatic heterocycles. The van der Waals surface area contributed by atoms with E-state index in [1.165, 1.54) is 35.3 Å². The summed E-state index contributed by atoms with van der Waals surface area (Å²) in [6, 6.07) is 17.7. The molecule has 136 valence electrons. The van der Waals surface area contributed by atoms with Gasteiger partial charge in [-0.2, -0.15) is 0 Å². The van der Waals surface area contributed by atoms with Crippen molar-refractivity contribution >= 4 is 11.4 Å². The minimum Gasteiger partial charge on any atom is -0.341 e. The van der Waals surface area contributed by atoms with Crippen molar-refractivity contribution in [1.82, 2.24) is 0 Å². The second-order valence-electron chi connectivity index (χ2n) is 9.04. The van der Waals surface area contributed by atoms with Crippen LogP contribution in [0.25, 0.3) is 0 Å². The van der Waals surface area contributed by atoms with Crippen LogP contribution in [0.4, 0.5) is 11.4 Å². The largest absolute Gasteiger partial charge is 0.341 e. The Labute approximate surface area is 155 Å². The lowest BCUT2D eigenvalue weighted by Gasteiger charge is -2.36. The highest BCUT2D eigenvalue weighted by molar-refractivity contribution is 5.70. The average Bonchev–Trinajstić information content (AvgIpc) is 2.54. The van der Waals surface area contributed by atoms with Crippen molar-refractivity contribution in [2.24, 2.45) is 0 Å². The molecule has 0 atom stereocenters. The molecule has 0 radical (unpaired) electrons. The molecule has 0 saturated carbocycles. The first kappa shape index (κ1) is 19.6. The van der Waals surface area contributed by atoms with Gasteiger partial charge in [-0.05, 0) is 46.6 Å². The molecule has 0 spiro atoms. The summed E-state index contributed by atoms with van der Waals surface area (Å²) in [5.74, 6) is 0. The Morgan fingerprint density at radius 1 is 0.760 bits per heavy atom. The maximum absolute atomic E-state index is 2.51. The molecule has 1 nitrogen and oxygen atoms in total. The average molecular weight is 338 g/mol. The molecule has 0 heterocycles. The third-order valence-electron chi connectivity index (χ3n) is 4.69. The van der Waals surface area contributed by atoms with Crippen LogP contribution < -0.4 is 4.90 Å².